The fourth-order valence-electron chi connectivity index (χ4n) is 4.31. The van der Waals surface area contributed by atoms with Crippen LogP contribution in [0.5, 0.6) is 17.2 Å². The van der Waals surface area contributed by atoms with Crippen LogP contribution in [-0.2, 0) is 0 Å². The minimum Gasteiger partial charge on any atom is -0.508 e. The Morgan fingerprint density at radius 3 is 2.48 bits per heavy atom. The Balaban J connectivity index is 1.61. The Bertz CT molecular complexity index is 1360. The molecule has 33 heavy (non-hydrogen) atoms. The van der Waals surface area contributed by atoms with E-state index in [4.69, 9.17) is 11.6 Å². The van der Waals surface area contributed by atoms with Gasteiger partial charge in [-0.05, 0) is 72.9 Å². The standard InChI is InChI=1S/C28H29NO3S/c1-3-14-29-16-24(17-29)33-23-11-6-20(7-12-23)28-27(19-4-8-21(30)9-5-19)18(2)25-13-10-22(31)15-26(25)32-28/h4-13,15,24,28,30-31H,3,14,16-17H2,1-2H3/i2D3,11D,12D. The summed E-state index contributed by atoms with van der Waals surface area (Å²) in [6.45, 7) is 2.53. The molecule has 1 fully saturated rings. The van der Waals surface area contributed by atoms with Crippen LogP contribution in [0.2, 0.25) is 0 Å². The lowest BCUT2D eigenvalue weighted by Crippen LogP contribution is -2.48. The summed E-state index contributed by atoms with van der Waals surface area (Å²) < 4.78 is 48.9. The number of phenols is 2. The van der Waals surface area contributed by atoms with E-state index in [0.717, 1.165) is 26.1 Å². The van der Waals surface area contributed by atoms with E-state index in [1.165, 1.54) is 30.3 Å². The Morgan fingerprint density at radius 2 is 1.79 bits per heavy atom. The molecule has 0 saturated carbocycles. The second kappa shape index (κ2) is 9.16. The number of likely N-dealkylation sites (tertiary alicyclic amines) is 1. The number of aromatic hydroxyl groups is 2. The zero-order valence-electron chi connectivity index (χ0n) is 23.3. The maximum absolute atomic E-state index is 10.1. The molecule has 1 atom stereocenters. The highest BCUT2D eigenvalue weighted by Gasteiger charge is 2.30. The van der Waals surface area contributed by atoms with Crippen molar-refractivity contribution in [3.05, 3.63) is 83.4 Å². The van der Waals surface area contributed by atoms with E-state index in [1.54, 1.807) is 36.0 Å². The van der Waals surface area contributed by atoms with E-state index in [0.29, 0.717) is 32.4 Å². The van der Waals surface area contributed by atoms with Crippen molar-refractivity contribution in [3.8, 4) is 17.2 Å². The monoisotopic (exact) mass is 464 g/mol. The molecule has 1 unspecified atom stereocenters. The molecule has 5 rings (SSSR count). The smallest absolute Gasteiger partial charge is 0.150 e. The van der Waals surface area contributed by atoms with Crippen molar-refractivity contribution in [3.63, 3.8) is 0 Å². The molecule has 2 aliphatic rings. The quantitative estimate of drug-likeness (QED) is 0.445. The number of thioether (sulfide) groups is 1. The van der Waals surface area contributed by atoms with Crippen LogP contribution in [0, 0.1) is 0 Å². The van der Waals surface area contributed by atoms with E-state index in [9.17, 15) is 10.2 Å². The molecule has 2 N–H and O–H groups in total. The first-order chi connectivity index (χ1) is 18.0. The van der Waals surface area contributed by atoms with Gasteiger partial charge in [0.25, 0.3) is 0 Å². The average molecular weight is 465 g/mol. The SMILES string of the molecule is [2H]c1cc(C2Oc3cc(O)ccc3C(C([2H])([2H])[2H])=C2c2ccc(O)cc2)cc([2H])c1SC1CN(CCC)C1. The zero-order valence-corrected chi connectivity index (χ0v) is 19.2. The number of hydrogen-bond donors (Lipinski definition) is 2. The molecule has 0 aliphatic carbocycles. The van der Waals surface area contributed by atoms with Crippen molar-refractivity contribution in [2.75, 3.05) is 19.6 Å². The third-order valence-electron chi connectivity index (χ3n) is 5.98. The molecule has 2 heterocycles. The number of fused-ring (bicyclic) bond motifs is 1. The molecule has 170 valence electrons. The highest BCUT2D eigenvalue weighted by Crippen LogP contribution is 2.47. The third kappa shape index (κ3) is 4.48. The maximum Gasteiger partial charge on any atom is 0.150 e. The molecular formula is C28H29NO3S. The van der Waals surface area contributed by atoms with Crippen LogP contribution in [0.3, 0.4) is 0 Å². The highest BCUT2D eigenvalue weighted by molar-refractivity contribution is 8.00. The van der Waals surface area contributed by atoms with Crippen molar-refractivity contribution >= 4 is 22.9 Å². The van der Waals surface area contributed by atoms with Gasteiger partial charge in [0, 0.05) is 44.6 Å². The molecule has 3 aromatic carbocycles. The van der Waals surface area contributed by atoms with Crippen molar-refractivity contribution in [1.82, 2.24) is 4.90 Å². The van der Waals surface area contributed by atoms with Crippen LogP contribution in [0.15, 0.2) is 71.6 Å². The lowest BCUT2D eigenvalue weighted by Gasteiger charge is -2.38. The van der Waals surface area contributed by atoms with E-state index in [2.05, 4.69) is 11.8 Å². The second-order valence-electron chi connectivity index (χ2n) is 8.42. The molecule has 0 bridgehead atoms. The van der Waals surface area contributed by atoms with Gasteiger partial charge in [-0.1, -0.05) is 31.2 Å². The summed E-state index contributed by atoms with van der Waals surface area (Å²) in [6.07, 6.45) is 0.150. The number of benzene rings is 3. The molecule has 5 heteroatoms. The Hall–Kier alpha value is -2.89. The van der Waals surface area contributed by atoms with Crippen molar-refractivity contribution in [2.45, 2.75) is 36.4 Å². The molecule has 0 spiro atoms. The predicted molar refractivity (Wildman–Crippen MR) is 135 cm³/mol. The van der Waals surface area contributed by atoms with E-state index < -0.39 is 13.0 Å². The lowest BCUT2D eigenvalue weighted by molar-refractivity contribution is 0.191. The summed E-state index contributed by atoms with van der Waals surface area (Å²) in [5.74, 6) is 0.193. The number of phenolic OH excluding ortho intramolecular Hbond substituents is 2. The number of nitrogens with zero attached hydrogens (tertiary/aromatic N) is 1. The summed E-state index contributed by atoms with van der Waals surface area (Å²) in [6, 6.07) is 14.2. The van der Waals surface area contributed by atoms with Crippen LogP contribution in [-0.4, -0.2) is 40.0 Å². The fraction of sp³-hybridized carbons (Fsp3) is 0.286. The molecule has 2 aliphatic heterocycles. The van der Waals surface area contributed by atoms with Crippen LogP contribution in [0.1, 0.15) is 49.8 Å². The van der Waals surface area contributed by atoms with Gasteiger partial charge in [0.05, 0.1) is 2.74 Å². The van der Waals surface area contributed by atoms with Gasteiger partial charge in [0.2, 0.25) is 0 Å². The number of rotatable bonds is 6. The van der Waals surface area contributed by atoms with Gasteiger partial charge in [-0.3, -0.25) is 0 Å². The summed E-state index contributed by atoms with van der Waals surface area (Å²) in [5.41, 5.74) is 1.80. The molecule has 3 aromatic rings. The van der Waals surface area contributed by atoms with Gasteiger partial charge in [-0.15, -0.1) is 11.8 Å². The Kier molecular flexibility index (Phi) is 4.63. The summed E-state index contributed by atoms with van der Waals surface area (Å²) in [5, 5.41) is 20.3. The third-order valence-corrected chi connectivity index (χ3v) is 7.08. The van der Waals surface area contributed by atoms with Gasteiger partial charge in [0.15, 0.2) is 0 Å². The van der Waals surface area contributed by atoms with Crippen LogP contribution in [0.4, 0.5) is 0 Å². The normalized spacial score (nSPS) is 21.1. The summed E-state index contributed by atoms with van der Waals surface area (Å²) in [7, 11) is 0. The first-order valence-corrected chi connectivity index (χ1v) is 12.0. The first-order valence-electron chi connectivity index (χ1n) is 13.6. The molecule has 4 nitrogen and oxygen atoms in total. The molecule has 1 saturated heterocycles. The van der Waals surface area contributed by atoms with Gasteiger partial charge in [-0.25, -0.2) is 0 Å². The van der Waals surface area contributed by atoms with E-state index in [1.807, 2.05) is 0 Å². The van der Waals surface area contributed by atoms with Gasteiger partial charge < -0.3 is 19.8 Å². The molecule has 0 aromatic heterocycles. The summed E-state index contributed by atoms with van der Waals surface area (Å²) in [4.78, 5) is 2.95. The molecular weight excluding hydrogens is 430 g/mol. The van der Waals surface area contributed by atoms with Crippen LogP contribution >= 0.6 is 11.8 Å². The van der Waals surface area contributed by atoms with Crippen molar-refractivity contribution < 1.29 is 21.8 Å². The van der Waals surface area contributed by atoms with Gasteiger partial charge in [-0.2, -0.15) is 0 Å². The number of ether oxygens (including phenoxy) is 1. The largest absolute Gasteiger partial charge is 0.508 e. The minimum atomic E-state index is -2.53. The maximum atomic E-state index is 10.1. The first kappa shape index (κ1) is 16.7. The molecule has 0 radical (unpaired) electrons. The topological polar surface area (TPSA) is 52.9 Å². The van der Waals surface area contributed by atoms with E-state index >= 15 is 0 Å². The second-order valence-corrected chi connectivity index (χ2v) is 9.73. The van der Waals surface area contributed by atoms with Crippen LogP contribution < -0.4 is 4.74 Å². The minimum absolute atomic E-state index is 0.0418. The van der Waals surface area contributed by atoms with Crippen LogP contribution in [0.25, 0.3) is 11.1 Å². The molecule has 0 amide bonds. The van der Waals surface area contributed by atoms with Crippen molar-refractivity contribution in [1.29, 1.82) is 0 Å². The zero-order chi connectivity index (χ0) is 27.2. The number of hydrogen-bond acceptors (Lipinski definition) is 5. The average Bonchev–Trinajstić information content (AvgIpc) is 2.83. The van der Waals surface area contributed by atoms with Gasteiger partial charge in [0.1, 0.15) is 23.4 Å². The fourth-order valence-corrected chi connectivity index (χ4v) is 5.47. The highest BCUT2D eigenvalue weighted by atomic mass is 32.2. The Labute approximate surface area is 206 Å². The number of allylic oxidation sites excluding steroid dienone is 1. The lowest BCUT2D eigenvalue weighted by atomic mass is 9.86. The summed E-state index contributed by atoms with van der Waals surface area (Å²) >= 11 is 1.54. The van der Waals surface area contributed by atoms with Gasteiger partial charge >= 0.3 is 0 Å². The van der Waals surface area contributed by atoms with E-state index in [-0.39, 0.29) is 34.9 Å². The van der Waals surface area contributed by atoms with Crippen molar-refractivity contribution in [2.24, 2.45) is 0 Å². The predicted octanol–water partition coefficient (Wildman–Crippen LogP) is 6.35. The Morgan fingerprint density at radius 1 is 1.06 bits per heavy atom.